The minimum Gasteiger partial charge on any atom is -0.383 e. The Balaban J connectivity index is 2.33. The third kappa shape index (κ3) is 6.31. The smallest absolute Gasteiger partial charge is 0.383 e. The normalized spacial score (nSPS) is 13.2. The number of hydrogen-bond donors (Lipinski definition) is 1. The zero-order valence-electron chi connectivity index (χ0n) is 12.3. The van der Waals surface area contributed by atoms with Crippen LogP contribution in [0, 0.1) is 0 Å². The lowest BCUT2D eigenvalue weighted by molar-refractivity contribution is -0.137. The molecule has 20 heavy (non-hydrogen) atoms. The van der Waals surface area contributed by atoms with Crippen LogP contribution in [0.5, 0.6) is 0 Å². The van der Waals surface area contributed by atoms with Crippen molar-refractivity contribution in [2.24, 2.45) is 0 Å². The first-order valence-corrected chi connectivity index (χ1v) is 7.37. The zero-order chi connectivity index (χ0) is 15.0. The van der Waals surface area contributed by atoms with E-state index in [0.717, 1.165) is 30.7 Å². The molecule has 114 valence electrons. The minimum atomic E-state index is -4.26. The number of nitrogens with one attached hydrogen (secondary N) is 1. The average Bonchev–Trinajstić information content (AvgIpc) is 2.38. The Bertz CT molecular complexity index is 370. The molecule has 0 aliphatic carbocycles. The Labute approximate surface area is 119 Å². The molecule has 1 aromatic rings. The second-order valence-electron chi connectivity index (χ2n) is 5.32. The van der Waals surface area contributed by atoms with Gasteiger partial charge in [0, 0.05) is 11.7 Å². The van der Waals surface area contributed by atoms with Crippen molar-refractivity contribution in [1.82, 2.24) is 0 Å². The van der Waals surface area contributed by atoms with Crippen LogP contribution < -0.4 is 5.32 Å². The van der Waals surface area contributed by atoms with E-state index in [2.05, 4.69) is 19.2 Å². The van der Waals surface area contributed by atoms with Crippen LogP contribution in [0.1, 0.15) is 57.9 Å². The Morgan fingerprint density at radius 1 is 1.00 bits per heavy atom. The van der Waals surface area contributed by atoms with E-state index >= 15 is 0 Å². The Kier molecular flexibility index (Phi) is 6.89. The largest absolute Gasteiger partial charge is 0.416 e. The molecule has 0 spiro atoms. The quantitative estimate of drug-likeness (QED) is 0.590. The number of alkyl halides is 3. The van der Waals surface area contributed by atoms with E-state index in [-0.39, 0.29) is 6.04 Å². The van der Waals surface area contributed by atoms with Crippen molar-refractivity contribution in [2.75, 3.05) is 5.32 Å². The van der Waals surface area contributed by atoms with E-state index < -0.39 is 11.7 Å². The molecular weight excluding hydrogens is 263 g/mol. The monoisotopic (exact) mass is 287 g/mol. The van der Waals surface area contributed by atoms with Crippen molar-refractivity contribution in [3.63, 3.8) is 0 Å². The van der Waals surface area contributed by atoms with E-state index in [1.165, 1.54) is 37.8 Å². The number of hydrogen-bond acceptors (Lipinski definition) is 1. The number of anilines is 1. The number of benzene rings is 1. The maximum atomic E-state index is 12.4. The van der Waals surface area contributed by atoms with Crippen LogP contribution in [0.25, 0.3) is 0 Å². The Morgan fingerprint density at radius 2 is 1.60 bits per heavy atom. The summed E-state index contributed by atoms with van der Waals surface area (Å²) >= 11 is 0. The molecule has 1 rings (SSSR count). The lowest BCUT2D eigenvalue weighted by Gasteiger charge is -2.16. The molecule has 0 aliphatic heterocycles. The van der Waals surface area contributed by atoms with E-state index in [1.54, 1.807) is 0 Å². The fraction of sp³-hybridized carbons (Fsp3) is 0.625. The average molecular weight is 287 g/mol. The van der Waals surface area contributed by atoms with Crippen molar-refractivity contribution in [3.05, 3.63) is 29.8 Å². The summed E-state index contributed by atoms with van der Waals surface area (Å²) in [6, 6.07) is 5.52. The maximum absolute atomic E-state index is 12.4. The summed E-state index contributed by atoms with van der Waals surface area (Å²) < 4.78 is 37.3. The van der Waals surface area contributed by atoms with Gasteiger partial charge in [0.1, 0.15) is 0 Å². The van der Waals surface area contributed by atoms with Crippen molar-refractivity contribution >= 4 is 5.69 Å². The van der Waals surface area contributed by atoms with Crippen molar-refractivity contribution in [2.45, 2.75) is 64.6 Å². The second-order valence-corrected chi connectivity index (χ2v) is 5.32. The molecule has 0 aliphatic rings. The summed E-state index contributed by atoms with van der Waals surface area (Å²) in [6.45, 7) is 4.26. The van der Waals surface area contributed by atoms with Crippen molar-refractivity contribution < 1.29 is 13.2 Å². The second kappa shape index (κ2) is 8.18. The molecule has 0 saturated carbocycles. The van der Waals surface area contributed by atoms with Gasteiger partial charge >= 0.3 is 6.18 Å². The Morgan fingerprint density at radius 3 is 2.15 bits per heavy atom. The van der Waals surface area contributed by atoms with Crippen LogP contribution in [0.4, 0.5) is 18.9 Å². The van der Waals surface area contributed by atoms with Crippen LogP contribution in [0.15, 0.2) is 24.3 Å². The van der Waals surface area contributed by atoms with Crippen molar-refractivity contribution in [3.8, 4) is 0 Å². The Hall–Kier alpha value is -1.19. The summed E-state index contributed by atoms with van der Waals surface area (Å²) in [5.74, 6) is 0. The molecule has 1 nitrogen and oxygen atoms in total. The van der Waals surface area contributed by atoms with E-state index in [4.69, 9.17) is 0 Å². The van der Waals surface area contributed by atoms with Gasteiger partial charge in [0.2, 0.25) is 0 Å². The SMILES string of the molecule is CCCCCCCC(C)Nc1ccc(C(F)(F)F)cc1. The summed E-state index contributed by atoms with van der Waals surface area (Å²) in [6.07, 6.45) is 2.96. The topological polar surface area (TPSA) is 12.0 Å². The summed E-state index contributed by atoms with van der Waals surface area (Å²) in [5, 5.41) is 3.24. The van der Waals surface area contributed by atoms with E-state index in [0.29, 0.717) is 0 Å². The van der Waals surface area contributed by atoms with E-state index in [9.17, 15) is 13.2 Å². The molecule has 1 unspecified atom stereocenters. The number of halogens is 3. The third-order valence-electron chi connectivity index (χ3n) is 3.37. The van der Waals surface area contributed by atoms with Gasteiger partial charge in [0.05, 0.1) is 5.56 Å². The molecule has 1 N–H and O–H groups in total. The highest BCUT2D eigenvalue weighted by Crippen LogP contribution is 2.30. The molecule has 0 fully saturated rings. The standard InChI is InChI=1S/C16H24F3N/c1-3-4-5-6-7-8-13(2)20-15-11-9-14(10-12-15)16(17,18)19/h9-13,20H,3-8H2,1-2H3. The molecule has 0 aromatic heterocycles. The van der Waals surface area contributed by atoms with Crippen LogP contribution in [-0.4, -0.2) is 6.04 Å². The highest BCUT2D eigenvalue weighted by molar-refractivity contribution is 5.45. The predicted molar refractivity (Wildman–Crippen MR) is 77.9 cm³/mol. The number of rotatable bonds is 8. The third-order valence-corrected chi connectivity index (χ3v) is 3.37. The lowest BCUT2D eigenvalue weighted by Crippen LogP contribution is -2.15. The van der Waals surface area contributed by atoms with Gasteiger partial charge in [0.15, 0.2) is 0 Å². The van der Waals surface area contributed by atoms with Crippen LogP contribution in [0.2, 0.25) is 0 Å². The van der Waals surface area contributed by atoms with Gasteiger partial charge in [-0.15, -0.1) is 0 Å². The molecule has 0 saturated heterocycles. The molecular formula is C16H24F3N. The summed E-state index contributed by atoms with van der Waals surface area (Å²) in [5.41, 5.74) is 0.148. The van der Waals surface area contributed by atoms with Gasteiger partial charge < -0.3 is 5.32 Å². The predicted octanol–water partition coefficient (Wildman–Crippen LogP) is 5.87. The van der Waals surface area contributed by atoms with Gasteiger partial charge in [0.25, 0.3) is 0 Å². The first kappa shape index (κ1) is 16.9. The first-order chi connectivity index (χ1) is 9.43. The fourth-order valence-corrected chi connectivity index (χ4v) is 2.17. The highest BCUT2D eigenvalue weighted by atomic mass is 19.4. The van der Waals surface area contributed by atoms with Gasteiger partial charge in [-0.2, -0.15) is 13.2 Å². The highest BCUT2D eigenvalue weighted by Gasteiger charge is 2.29. The van der Waals surface area contributed by atoms with Crippen LogP contribution >= 0.6 is 0 Å². The van der Waals surface area contributed by atoms with Crippen LogP contribution in [0.3, 0.4) is 0 Å². The molecule has 4 heteroatoms. The molecule has 0 heterocycles. The first-order valence-electron chi connectivity index (χ1n) is 7.37. The molecule has 1 aromatic carbocycles. The minimum absolute atomic E-state index is 0.286. The van der Waals surface area contributed by atoms with Gasteiger partial charge in [-0.25, -0.2) is 0 Å². The van der Waals surface area contributed by atoms with Crippen LogP contribution in [-0.2, 0) is 6.18 Å². The van der Waals surface area contributed by atoms with Gasteiger partial charge in [-0.05, 0) is 37.6 Å². The maximum Gasteiger partial charge on any atom is 0.416 e. The summed E-state index contributed by atoms with van der Waals surface area (Å²) in [7, 11) is 0. The molecule has 0 amide bonds. The zero-order valence-corrected chi connectivity index (χ0v) is 12.3. The lowest BCUT2D eigenvalue weighted by atomic mass is 10.1. The summed E-state index contributed by atoms with van der Waals surface area (Å²) in [4.78, 5) is 0. The number of unbranched alkanes of at least 4 members (excludes halogenated alkanes) is 4. The molecule has 1 atom stereocenters. The van der Waals surface area contributed by atoms with Gasteiger partial charge in [-0.1, -0.05) is 39.0 Å². The van der Waals surface area contributed by atoms with Crippen molar-refractivity contribution in [1.29, 1.82) is 0 Å². The molecule has 0 radical (unpaired) electrons. The fourth-order valence-electron chi connectivity index (χ4n) is 2.17. The molecule has 0 bridgehead atoms. The van der Waals surface area contributed by atoms with E-state index in [1.807, 2.05) is 0 Å². The van der Waals surface area contributed by atoms with Gasteiger partial charge in [-0.3, -0.25) is 0 Å².